The van der Waals surface area contributed by atoms with Gasteiger partial charge in [-0.15, -0.1) is 11.6 Å². The van der Waals surface area contributed by atoms with Crippen LogP contribution in [0.25, 0.3) is 0 Å². The topological polar surface area (TPSA) is 38.9 Å². The van der Waals surface area contributed by atoms with Gasteiger partial charge in [-0.1, -0.05) is 12.1 Å². The SMILES string of the molecule is CCC(Cl)c1noc(C23CC4CC(CC(C4)C2)C3)n1. The second-order valence-corrected chi connectivity index (χ2v) is 7.56. The van der Waals surface area contributed by atoms with Crippen LogP contribution in [0.2, 0.25) is 0 Å². The van der Waals surface area contributed by atoms with E-state index in [9.17, 15) is 0 Å². The third kappa shape index (κ3) is 1.84. The van der Waals surface area contributed by atoms with Crippen LogP contribution < -0.4 is 0 Å². The van der Waals surface area contributed by atoms with Crippen molar-refractivity contribution in [2.45, 2.75) is 62.7 Å². The molecule has 4 heteroatoms. The second-order valence-electron chi connectivity index (χ2n) is 7.03. The molecule has 1 aromatic heterocycles. The van der Waals surface area contributed by atoms with Crippen LogP contribution in [0.3, 0.4) is 0 Å². The van der Waals surface area contributed by atoms with Crippen LogP contribution in [0.15, 0.2) is 4.52 Å². The van der Waals surface area contributed by atoms with Gasteiger partial charge in [-0.3, -0.25) is 0 Å². The number of halogens is 1. The number of hydrogen-bond acceptors (Lipinski definition) is 3. The highest BCUT2D eigenvalue weighted by molar-refractivity contribution is 6.20. The largest absolute Gasteiger partial charge is 0.339 e. The maximum absolute atomic E-state index is 6.23. The highest BCUT2D eigenvalue weighted by Crippen LogP contribution is 2.60. The number of rotatable bonds is 3. The first-order valence-electron chi connectivity index (χ1n) is 7.66. The summed E-state index contributed by atoms with van der Waals surface area (Å²) in [5, 5.41) is 4.02. The Bertz CT molecular complexity index is 449. The van der Waals surface area contributed by atoms with Crippen molar-refractivity contribution in [3.8, 4) is 0 Å². The van der Waals surface area contributed by atoms with Gasteiger partial charge in [0.1, 0.15) is 0 Å². The molecule has 0 N–H and O–H groups in total. The highest BCUT2D eigenvalue weighted by Gasteiger charge is 2.54. The first kappa shape index (κ1) is 12.2. The molecule has 0 saturated heterocycles. The van der Waals surface area contributed by atoms with Gasteiger partial charge in [0.25, 0.3) is 0 Å². The molecule has 4 aliphatic rings. The van der Waals surface area contributed by atoms with E-state index in [2.05, 4.69) is 17.1 Å². The van der Waals surface area contributed by atoms with Crippen LogP contribution in [-0.2, 0) is 5.41 Å². The van der Waals surface area contributed by atoms with Crippen molar-refractivity contribution in [1.29, 1.82) is 0 Å². The molecule has 4 aliphatic carbocycles. The van der Waals surface area contributed by atoms with E-state index in [0.29, 0.717) is 5.82 Å². The van der Waals surface area contributed by atoms with Gasteiger partial charge in [-0.2, -0.15) is 4.98 Å². The quantitative estimate of drug-likeness (QED) is 0.778. The smallest absolute Gasteiger partial charge is 0.232 e. The lowest BCUT2D eigenvalue weighted by molar-refractivity contribution is -0.0201. The first-order valence-corrected chi connectivity index (χ1v) is 8.10. The zero-order valence-corrected chi connectivity index (χ0v) is 12.2. The first-order chi connectivity index (χ1) is 9.18. The molecule has 4 saturated carbocycles. The summed E-state index contributed by atoms with van der Waals surface area (Å²) in [6, 6.07) is 0. The van der Waals surface area contributed by atoms with Crippen LogP contribution in [0, 0.1) is 17.8 Å². The summed E-state index contributed by atoms with van der Waals surface area (Å²) in [4.78, 5) is 4.66. The van der Waals surface area contributed by atoms with Gasteiger partial charge in [0.2, 0.25) is 5.89 Å². The van der Waals surface area contributed by atoms with Crippen LogP contribution in [0.1, 0.15) is 69.0 Å². The number of hydrogen-bond donors (Lipinski definition) is 0. The normalized spacial score (nSPS) is 41.7. The Kier molecular flexibility index (Phi) is 2.70. The number of nitrogens with zero attached hydrogens (tertiary/aromatic N) is 2. The molecule has 0 spiro atoms. The fraction of sp³-hybridized carbons (Fsp3) is 0.867. The van der Waals surface area contributed by atoms with E-state index >= 15 is 0 Å². The van der Waals surface area contributed by atoms with Crippen molar-refractivity contribution in [2.24, 2.45) is 17.8 Å². The van der Waals surface area contributed by atoms with Crippen molar-refractivity contribution >= 4 is 11.6 Å². The molecular weight excluding hydrogens is 260 g/mol. The van der Waals surface area contributed by atoms with E-state index in [1.165, 1.54) is 38.5 Å². The minimum Gasteiger partial charge on any atom is -0.339 e. The van der Waals surface area contributed by atoms with E-state index in [4.69, 9.17) is 16.1 Å². The van der Waals surface area contributed by atoms with Crippen LogP contribution in [-0.4, -0.2) is 10.1 Å². The maximum atomic E-state index is 6.23. The fourth-order valence-corrected chi connectivity index (χ4v) is 5.22. The van der Waals surface area contributed by atoms with E-state index in [0.717, 1.165) is 30.1 Å². The second kappa shape index (κ2) is 4.21. The molecular formula is C15H21ClN2O. The van der Waals surface area contributed by atoms with Gasteiger partial charge in [0, 0.05) is 0 Å². The Morgan fingerprint density at radius 3 is 2.32 bits per heavy atom. The Morgan fingerprint density at radius 2 is 1.79 bits per heavy atom. The molecule has 1 atom stereocenters. The molecule has 104 valence electrons. The molecule has 5 rings (SSSR count). The van der Waals surface area contributed by atoms with Crippen molar-refractivity contribution in [2.75, 3.05) is 0 Å². The Morgan fingerprint density at radius 1 is 1.21 bits per heavy atom. The maximum Gasteiger partial charge on any atom is 0.232 e. The lowest BCUT2D eigenvalue weighted by Crippen LogP contribution is -2.48. The van der Waals surface area contributed by atoms with Gasteiger partial charge in [-0.25, -0.2) is 0 Å². The summed E-state index contributed by atoms with van der Waals surface area (Å²) in [7, 11) is 0. The zero-order chi connectivity index (χ0) is 13.0. The average molecular weight is 281 g/mol. The van der Waals surface area contributed by atoms with Gasteiger partial charge in [-0.05, 0) is 62.7 Å². The van der Waals surface area contributed by atoms with Crippen molar-refractivity contribution in [3.63, 3.8) is 0 Å². The summed E-state index contributed by atoms with van der Waals surface area (Å²) in [5.74, 6) is 4.29. The monoisotopic (exact) mass is 280 g/mol. The number of alkyl halides is 1. The van der Waals surface area contributed by atoms with Gasteiger partial charge < -0.3 is 4.52 Å². The lowest BCUT2D eigenvalue weighted by atomic mass is 9.49. The van der Waals surface area contributed by atoms with E-state index in [-0.39, 0.29) is 10.8 Å². The van der Waals surface area contributed by atoms with E-state index < -0.39 is 0 Å². The standard InChI is InChI=1S/C15H21ClN2O/c1-2-12(16)13-17-14(19-18-13)15-6-9-3-10(7-15)5-11(4-9)8-15/h9-12H,2-8H2,1H3. The molecule has 0 amide bonds. The van der Waals surface area contributed by atoms with Crippen molar-refractivity contribution in [1.82, 2.24) is 10.1 Å². The minimum atomic E-state index is -0.105. The molecule has 0 aromatic carbocycles. The van der Waals surface area contributed by atoms with Gasteiger partial charge in [0.05, 0.1) is 10.8 Å². The van der Waals surface area contributed by atoms with Crippen molar-refractivity contribution in [3.05, 3.63) is 11.7 Å². The summed E-state index contributed by atoms with van der Waals surface area (Å²) < 4.78 is 5.63. The summed E-state index contributed by atoms with van der Waals surface area (Å²) in [5.41, 5.74) is 0.199. The minimum absolute atomic E-state index is 0.105. The average Bonchev–Trinajstić information content (AvgIpc) is 2.86. The Labute approximate surface area is 119 Å². The molecule has 1 aromatic rings. The third-order valence-electron chi connectivity index (χ3n) is 5.57. The summed E-state index contributed by atoms with van der Waals surface area (Å²) in [6.45, 7) is 2.05. The third-order valence-corrected chi connectivity index (χ3v) is 6.08. The lowest BCUT2D eigenvalue weighted by Gasteiger charge is -2.55. The Balaban J connectivity index is 1.66. The zero-order valence-electron chi connectivity index (χ0n) is 11.4. The van der Waals surface area contributed by atoms with E-state index in [1.807, 2.05) is 0 Å². The highest BCUT2D eigenvalue weighted by atomic mass is 35.5. The van der Waals surface area contributed by atoms with Gasteiger partial charge in [0.15, 0.2) is 5.82 Å². The molecule has 1 unspecified atom stereocenters. The molecule has 0 aliphatic heterocycles. The molecule has 19 heavy (non-hydrogen) atoms. The van der Waals surface area contributed by atoms with Crippen molar-refractivity contribution < 1.29 is 4.52 Å². The molecule has 0 radical (unpaired) electrons. The van der Waals surface area contributed by atoms with Crippen LogP contribution in [0.4, 0.5) is 0 Å². The van der Waals surface area contributed by atoms with Crippen LogP contribution >= 0.6 is 11.6 Å². The predicted molar refractivity (Wildman–Crippen MR) is 73.0 cm³/mol. The molecule has 4 fully saturated rings. The van der Waals surface area contributed by atoms with E-state index in [1.54, 1.807) is 0 Å². The number of aromatic nitrogens is 2. The molecule has 4 bridgehead atoms. The van der Waals surface area contributed by atoms with Crippen LogP contribution in [0.5, 0.6) is 0 Å². The molecule has 1 heterocycles. The summed E-state index contributed by atoms with van der Waals surface area (Å²) in [6.07, 6.45) is 8.95. The summed E-state index contributed by atoms with van der Waals surface area (Å²) >= 11 is 6.23. The fourth-order valence-electron chi connectivity index (χ4n) is 5.13. The molecule has 3 nitrogen and oxygen atoms in total. The Hall–Kier alpha value is -0.570. The van der Waals surface area contributed by atoms with Gasteiger partial charge >= 0.3 is 0 Å². The predicted octanol–water partition coefficient (Wildman–Crippen LogP) is 4.23.